The number of oxazole rings is 1. The van der Waals surface area contributed by atoms with Crippen molar-refractivity contribution in [3.8, 4) is 22.7 Å². The maximum absolute atomic E-state index is 14.6. The van der Waals surface area contributed by atoms with Gasteiger partial charge in [-0.2, -0.15) is 0 Å². The van der Waals surface area contributed by atoms with Crippen molar-refractivity contribution in [3.05, 3.63) is 102 Å². The van der Waals surface area contributed by atoms with Crippen LogP contribution in [0, 0.1) is 5.41 Å². The summed E-state index contributed by atoms with van der Waals surface area (Å²) in [4.78, 5) is 50.0. The van der Waals surface area contributed by atoms with E-state index in [1.165, 1.54) is 4.90 Å². The van der Waals surface area contributed by atoms with Crippen LogP contribution in [0.2, 0.25) is 0 Å². The maximum Gasteiger partial charge on any atom is 0.318 e. The van der Waals surface area contributed by atoms with Gasteiger partial charge in [-0.25, -0.2) is 9.78 Å². The second-order valence-corrected chi connectivity index (χ2v) is 12.7. The van der Waals surface area contributed by atoms with Crippen LogP contribution >= 0.6 is 0 Å². The molecule has 46 heavy (non-hydrogen) atoms. The topological polar surface area (TPSA) is 105 Å². The van der Waals surface area contributed by atoms with E-state index in [4.69, 9.17) is 14.1 Å². The largest absolute Gasteiger partial charge is 0.430 e. The Morgan fingerprint density at radius 2 is 1.46 bits per heavy atom. The van der Waals surface area contributed by atoms with E-state index in [1.54, 1.807) is 4.90 Å². The number of nitrogens with one attached hydrogen (secondary N) is 1. The molecule has 5 rings (SSSR count). The van der Waals surface area contributed by atoms with E-state index in [2.05, 4.69) is 5.32 Å². The number of amides is 4. The van der Waals surface area contributed by atoms with E-state index in [9.17, 15) is 14.4 Å². The quantitative estimate of drug-likeness (QED) is 0.218. The highest BCUT2D eigenvalue weighted by Gasteiger charge is 2.37. The molecule has 2 heterocycles. The van der Waals surface area contributed by atoms with Crippen molar-refractivity contribution in [1.29, 1.82) is 0 Å². The number of rotatable bonds is 10. The van der Waals surface area contributed by atoms with Crippen molar-refractivity contribution in [1.82, 2.24) is 20.1 Å². The molecule has 0 spiro atoms. The minimum absolute atomic E-state index is 0.0212. The van der Waals surface area contributed by atoms with Gasteiger partial charge in [-0.15, -0.1) is 0 Å². The highest BCUT2D eigenvalue weighted by Crippen LogP contribution is 2.31. The zero-order chi connectivity index (χ0) is 32.5. The number of imide groups is 1. The second-order valence-electron chi connectivity index (χ2n) is 12.7. The van der Waals surface area contributed by atoms with Gasteiger partial charge in [0.05, 0.1) is 13.2 Å². The molecule has 0 aliphatic carbocycles. The van der Waals surface area contributed by atoms with Gasteiger partial charge in [-0.05, 0) is 42.4 Å². The average molecular weight is 623 g/mol. The van der Waals surface area contributed by atoms with E-state index in [-0.39, 0.29) is 29.6 Å². The first-order chi connectivity index (χ1) is 22.2. The molecule has 1 atom stereocenters. The van der Waals surface area contributed by atoms with Gasteiger partial charge in [0, 0.05) is 30.8 Å². The summed E-state index contributed by atoms with van der Waals surface area (Å²) in [5.74, 6) is -0.809. The van der Waals surface area contributed by atoms with E-state index in [0.29, 0.717) is 62.4 Å². The summed E-state index contributed by atoms with van der Waals surface area (Å²) in [5.41, 5.74) is 2.55. The Hall–Kier alpha value is -4.76. The molecule has 9 heteroatoms. The first-order valence-corrected chi connectivity index (χ1v) is 15.8. The van der Waals surface area contributed by atoms with Crippen LogP contribution in [0.15, 0.2) is 95.4 Å². The molecule has 1 aliphatic rings. The molecule has 240 valence electrons. The predicted octanol–water partition coefficient (Wildman–Crippen LogP) is 6.46. The summed E-state index contributed by atoms with van der Waals surface area (Å²) in [7, 11) is 0. The van der Waals surface area contributed by atoms with Crippen molar-refractivity contribution in [3.63, 3.8) is 0 Å². The van der Waals surface area contributed by atoms with Gasteiger partial charge < -0.3 is 19.4 Å². The van der Waals surface area contributed by atoms with Crippen LogP contribution in [-0.2, 0) is 16.0 Å². The fourth-order valence-electron chi connectivity index (χ4n) is 5.49. The van der Waals surface area contributed by atoms with Crippen molar-refractivity contribution in [2.24, 2.45) is 5.41 Å². The van der Waals surface area contributed by atoms with E-state index >= 15 is 0 Å². The zero-order valence-corrected chi connectivity index (χ0v) is 26.8. The van der Waals surface area contributed by atoms with Crippen LogP contribution in [0.5, 0.6) is 0 Å². The maximum atomic E-state index is 14.6. The Morgan fingerprint density at radius 1 is 0.870 bits per heavy atom. The van der Waals surface area contributed by atoms with Gasteiger partial charge in [-0.3, -0.25) is 14.5 Å². The van der Waals surface area contributed by atoms with E-state index in [1.807, 2.05) is 112 Å². The molecule has 0 bridgehead atoms. The van der Waals surface area contributed by atoms with Crippen molar-refractivity contribution >= 4 is 17.8 Å². The standard InChI is InChI=1S/C37H42N4O5/c1-37(2,3)26-30(38-36(44)40-22-24-45-25-23-40)34(42)41(21-13-16-27-14-7-4-8-15-27)35(43)32-31(28-17-9-5-10-18-28)39-33(46-32)29-19-11-6-12-20-29/h4-12,14-15,17-20,30H,13,16,21-26H2,1-3H3,(H,38,44)/t30-/m0/s1. The molecule has 0 unspecified atom stereocenters. The van der Waals surface area contributed by atoms with Crippen LogP contribution < -0.4 is 5.32 Å². The number of aromatic nitrogens is 1. The lowest BCUT2D eigenvalue weighted by Crippen LogP contribution is -2.56. The Kier molecular flexibility index (Phi) is 10.6. The van der Waals surface area contributed by atoms with E-state index in [0.717, 1.165) is 5.56 Å². The van der Waals surface area contributed by atoms with Crippen LogP contribution in [0.3, 0.4) is 0 Å². The van der Waals surface area contributed by atoms with Crippen LogP contribution in [-0.4, -0.2) is 71.5 Å². The molecule has 0 radical (unpaired) electrons. The number of carbonyl (C=O) groups excluding carboxylic acids is 3. The highest BCUT2D eigenvalue weighted by atomic mass is 16.5. The molecule has 9 nitrogen and oxygen atoms in total. The third-order valence-corrected chi connectivity index (χ3v) is 7.80. The molecule has 0 saturated carbocycles. The monoisotopic (exact) mass is 622 g/mol. The third kappa shape index (κ3) is 8.48. The molecule has 3 aromatic carbocycles. The number of hydrogen-bond donors (Lipinski definition) is 1. The Morgan fingerprint density at radius 3 is 2.07 bits per heavy atom. The van der Waals surface area contributed by atoms with Crippen molar-refractivity contribution in [2.45, 2.75) is 46.1 Å². The van der Waals surface area contributed by atoms with Gasteiger partial charge in [0.2, 0.25) is 11.7 Å². The molecule has 1 aliphatic heterocycles. The van der Waals surface area contributed by atoms with Gasteiger partial charge in [0.15, 0.2) is 0 Å². The molecular weight excluding hydrogens is 580 g/mol. The number of carbonyl (C=O) groups is 3. The van der Waals surface area contributed by atoms with Crippen molar-refractivity contribution < 1.29 is 23.5 Å². The van der Waals surface area contributed by atoms with Gasteiger partial charge in [0.25, 0.3) is 11.8 Å². The number of morpholine rings is 1. The first-order valence-electron chi connectivity index (χ1n) is 15.8. The lowest BCUT2D eigenvalue weighted by molar-refractivity contribution is -0.131. The van der Waals surface area contributed by atoms with Gasteiger partial charge in [-0.1, -0.05) is 99.6 Å². The zero-order valence-electron chi connectivity index (χ0n) is 26.8. The summed E-state index contributed by atoms with van der Waals surface area (Å²) in [6.45, 7) is 7.89. The summed E-state index contributed by atoms with van der Waals surface area (Å²) in [6.07, 6.45) is 1.53. The molecule has 4 aromatic rings. The summed E-state index contributed by atoms with van der Waals surface area (Å²) in [5, 5.41) is 2.96. The summed E-state index contributed by atoms with van der Waals surface area (Å²) >= 11 is 0. The molecule has 1 N–H and O–H groups in total. The predicted molar refractivity (Wildman–Crippen MR) is 177 cm³/mol. The Labute approximate surface area is 270 Å². The molecule has 1 aromatic heterocycles. The number of ether oxygens (including phenoxy) is 1. The number of aryl methyl sites for hydroxylation is 1. The molecule has 1 saturated heterocycles. The Bertz CT molecular complexity index is 1590. The summed E-state index contributed by atoms with van der Waals surface area (Å²) < 4.78 is 11.6. The number of urea groups is 1. The van der Waals surface area contributed by atoms with Gasteiger partial charge >= 0.3 is 6.03 Å². The third-order valence-electron chi connectivity index (χ3n) is 7.80. The van der Waals surface area contributed by atoms with Crippen molar-refractivity contribution in [2.75, 3.05) is 32.8 Å². The minimum Gasteiger partial charge on any atom is -0.430 e. The SMILES string of the molecule is CC(C)(C)C[C@H](NC(=O)N1CCOCC1)C(=O)N(CCCc1ccccc1)C(=O)c1oc(-c2ccccc2)nc1-c1ccccc1. The lowest BCUT2D eigenvalue weighted by Gasteiger charge is -2.33. The van der Waals surface area contributed by atoms with E-state index < -0.39 is 17.9 Å². The highest BCUT2D eigenvalue weighted by molar-refractivity contribution is 6.08. The lowest BCUT2D eigenvalue weighted by atomic mass is 9.87. The Balaban J connectivity index is 1.51. The van der Waals surface area contributed by atoms with Crippen LogP contribution in [0.1, 0.15) is 49.7 Å². The molecule has 4 amide bonds. The minimum atomic E-state index is -0.937. The smallest absolute Gasteiger partial charge is 0.318 e. The number of benzene rings is 3. The summed E-state index contributed by atoms with van der Waals surface area (Å²) in [6, 6.07) is 27.3. The number of hydrogen-bond acceptors (Lipinski definition) is 6. The normalized spacial score (nSPS) is 14.0. The van der Waals surface area contributed by atoms with Crippen LogP contribution in [0.4, 0.5) is 4.79 Å². The number of nitrogens with zero attached hydrogens (tertiary/aromatic N) is 3. The fourth-order valence-corrected chi connectivity index (χ4v) is 5.49. The molecular formula is C37H42N4O5. The fraction of sp³-hybridized carbons (Fsp3) is 0.351. The second kappa shape index (κ2) is 15.0. The van der Waals surface area contributed by atoms with Gasteiger partial charge in [0.1, 0.15) is 11.7 Å². The molecule has 1 fully saturated rings. The first kappa shape index (κ1) is 32.6. The van der Waals surface area contributed by atoms with Crippen LogP contribution in [0.25, 0.3) is 22.7 Å². The average Bonchev–Trinajstić information content (AvgIpc) is 3.53.